The Kier molecular flexibility index (Phi) is 4.24. The molecule has 0 saturated carbocycles. The Hall–Kier alpha value is -1.16. The second-order valence-corrected chi connectivity index (χ2v) is 5.35. The van der Waals surface area contributed by atoms with Gasteiger partial charge in [0.15, 0.2) is 0 Å². The monoisotopic (exact) mass is 238 g/mol. The third-order valence-corrected chi connectivity index (χ3v) is 2.36. The van der Waals surface area contributed by atoms with E-state index < -0.39 is 0 Å². The van der Waals surface area contributed by atoms with Crippen molar-refractivity contribution in [3.8, 4) is 5.88 Å². The maximum atomic E-state index is 5.52. The summed E-state index contributed by atoms with van der Waals surface area (Å²) in [5.41, 5.74) is 6.51. The van der Waals surface area contributed by atoms with E-state index in [1.54, 1.807) is 12.3 Å². The van der Waals surface area contributed by atoms with Crippen LogP contribution in [0.3, 0.4) is 0 Å². The van der Waals surface area contributed by atoms with E-state index in [4.69, 9.17) is 22.7 Å². The van der Waals surface area contributed by atoms with E-state index in [9.17, 15) is 0 Å². The van der Waals surface area contributed by atoms with Gasteiger partial charge in [0.25, 0.3) is 0 Å². The maximum Gasteiger partial charge on any atom is 0.213 e. The molecule has 0 aromatic carbocycles. The van der Waals surface area contributed by atoms with Crippen LogP contribution >= 0.6 is 12.2 Å². The van der Waals surface area contributed by atoms with E-state index in [2.05, 4.69) is 25.8 Å². The van der Waals surface area contributed by atoms with E-state index in [0.29, 0.717) is 17.5 Å². The molecule has 2 N–H and O–H groups in total. The minimum Gasteiger partial charge on any atom is -0.478 e. The molecule has 3 nitrogen and oxygen atoms in total. The van der Waals surface area contributed by atoms with Crippen molar-refractivity contribution in [1.29, 1.82) is 0 Å². The Balaban J connectivity index is 2.47. The minimum atomic E-state index is 0.277. The predicted octanol–water partition coefficient (Wildman–Crippen LogP) is 2.53. The topological polar surface area (TPSA) is 48.1 Å². The van der Waals surface area contributed by atoms with Crippen molar-refractivity contribution in [3.63, 3.8) is 0 Å². The highest BCUT2D eigenvalue weighted by molar-refractivity contribution is 7.80. The third-order valence-electron chi connectivity index (χ3n) is 2.12. The standard InChI is InChI=1S/C12H18N2OS/c1-12(2,3)6-7-15-10-5-4-9(8-14-10)11(13)16/h4-5,8H,6-7H2,1-3H3,(H2,13,16). The van der Waals surface area contributed by atoms with Crippen LogP contribution in [0.25, 0.3) is 0 Å². The molecular formula is C12H18N2OS. The van der Waals surface area contributed by atoms with Crippen LogP contribution in [0.5, 0.6) is 5.88 Å². The zero-order chi connectivity index (χ0) is 12.2. The summed E-state index contributed by atoms with van der Waals surface area (Å²) in [4.78, 5) is 4.49. The number of aromatic nitrogens is 1. The minimum absolute atomic E-state index is 0.277. The van der Waals surface area contributed by atoms with Crippen molar-refractivity contribution in [1.82, 2.24) is 4.98 Å². The fraction of sp³-hybridized carbons (Fsp3) is 0.500. The number of rotatable bonds is 4. The molecule has 0 spiro atoms. The molecule has 1 heterocycles. The number of thiocarbonyl (C=S) groups is 1. The number of ether oxygens (including phenoxy) is 1. The molecule has 1 aromatic rings. The van der Waals surface area contributed by atoms with Crippen LogP contribution in [0.4, 0.5) is 0 Å². The molecule has 0 fully saturated rings. The van der Waals surface area contributed by atoms with Gasteiger partial charge in [0.1, 0.15) is 4.99 Å². The van der Waals surface area contributed by atoms with Crippen LogP contribution in [-0.4, -0.2) is 16.6 Å². The summed E-state index contributed by atoms with van der Waals surface area (Å²) in [5.74, 6) is 0.615. The molecule has 0 unspecified atom stereocenters. The van der Waals surface area contributed by atoms with Crippen molar-refractivity contribution in [2.24, 2.45) is 11.1 Å². The lowest BCUT2D eigenvalue weighted by atomic mass is 9.93. The number of nitrogens with zero attached hydrogens (tertiary/aromatic N) is 1. The van der Waals surface area contributed by atoms with Crippen LogP contribution < -0.4 is 10.5 Å². The number of pyridine rings is 1. The second kappa shape index (κ2) is 5.25. The molecule has 0 amide bonds. The SMILES string of the molecule is CC(C)(C)CCOc1ccc(C(N)=S)cn1. The molecule has 0 radical (unpaired) electrons. The Morgan fingerprint density at radius 1 is 1.44 bits per heavy atom. The highest BCUT2D eigenvalue weighted by Gasteiger charge is 2.10. The van der Waals surface area contributed by atoms with Crippen LogP contribution in [0.2, 0.25) is 0 Å². The van der Waals surface area contributed by atoms with Gasteiger partial charge in [-0.1, -0.05) is 33.0 Å². The fourth-order valence-corrected chi connectivity index (χ4v) is 1.19. The normalized spacial score (nSPS) is 11.2. The number of nitrogens with two attached hydrogens (primary N) is 1. The average molecular weight is 238 g/mol. The number of hydrogen-bond donors (Lipinski definition) is 1. The summed E-state index contributed by atoms with van der Waals surface area (Å²) in [5, 5.41) is 0. The lowest BCUT2D eigenvalue weighted by Gasteiger charge is -2.17. The van der Waals surface area contributed by atoms with E-state index in [1.807, 2.05) is 6.07 Å². The van der Waals surface area contributed by atoms with Crippen molar-refractivity contribution in [2.75, 3.05) is 6.61 Å². The molecular weight excluding hydrogens is 220 g/mol. The van der Waals surface area contributed by atoms with E-state index in [0.717, 1.165) is 12.0 Å². The maximum absolute atomic E-state index is 5.52. The largest absolute Gasteiger partial charge is 0.478 e. The van der Waals surface area contributed by atoms with Crippen LogP contribution in [0, 0.1) is 5.41 Å². The summed E-state index contributed by atoms with van der Waals surface area (Å²) < 4.78 is 5.52. The Morgan fingerprint density at radius 3 is 2.56 bits per heavy atom. The molecule has 88 valence electrons. The lowest BCUT2D eigenvalue weighted by Crippen LogP contribution is -2.12. The Labute approximate surface area is 102 Å². The highest BCUT2D eigenvalue weighted by Crippen LogP contribution is 2.18. The molecule has 1 rings (SSSR count). The summed E-state index contributed by atoms with van der Waals surface area (Å²) in [6.45, 7) is 7.21. The van der Waals surface area contributed by atoms with E-state index in [-0.39, 0.29) is 5.41 Å². The molecule has 16 heavy (non-hydrogen) atoms. The van der Waals surface area contributed by atoms with Crippen LogP contribution in [0.15, 0.2) is 18.3 Å². The summed E-state index contributed by atoms with van der Waals surface area (Å²) in [6.07, 6.45) is 2.63. The summed E-state index contributed by atoms with van der Waals surface area (Å²) >= 11 is 4.84. The third kappa shape index (κ3) is 4.57. The van der Waals surface area contributed by atoms with Gasteiger partial charge in [0, 0.05) is 17.8 Å². The summed E-state index contributed by atoms with van der Waals surface area (Å²) in [7, 11) is 0. The van der Waals surface area contributed by atoms with Gasteiger partial charge in [0.2, 0.25) is 5.88 Å². The molecule has 1 aromatic heterocycles. The molecule has 0 bridgehead atoms. The Bertz CT molecular complexity index is 354. The zero-order valence-corrected chi connectivity index (χ0v) is 10.8. The Morgan fingerprint density at radius 2 is 2.12 bits per heavy atom. The quantitative estimate of drug-likeness (QED) is 0.819. The van der Waals surface area contributed by atoms with Crippen LogP contribution in [0.1, 0.15) is 32.8 Å². The van der Waals surface area contributed by atoms with Gasteiger partial charge in [-0.3, -0.25) is 0 Å². The molecule has 0 aliphatic carbocycles. The first kappa shape index (κ1) is 12.9. The molecule has 0 aliphatic rings. The van der Waals surface area contributed by atoms with Crippen molar-refractivity contribution < 1.29 is 4.74 Å². The molecule has 0 saturated heterocycles. The fourth-order valence-electron chi connectivity index (χ4n) is 1.07. The lowest BCUT2D eigenvalue weighted by molar-refractivity contribution is 0.236. The van der Waals surface area contributed by atoms with Gasteiger partial charge in [0.05, 0.1) is 6.61 Å². The predicted molar refractivity (Wildman–Crippen MR) is 69.7 cm³/mol. The van der Waals surface area contributed by atoms with Crippen molar-refractivity contribution in [2.45, 2.75) is 27.2 Å². The molecule has 0 aliphatic heterocycles. The van der Waals surface area contributed by atoms with Crippen molar-refractivity contribution in [3.05, 3.63) is 23.9 Å². The number of hydrogen-bond acceptors (Lipinski definition) is 3. The van der Waals surface area contributed by atoms with E-state index >= 15 is 0 Å². The summed E-state index contributed by atoms with van der Waals surface area (Å²) in [6, 6.07) is 3.61. The zero-order valence-electron chi connectivity index (χ0n) is 9.99. The van der Waals surface area contributed by atoms with Gasteiger partial charge in [-0.15, -0.1) is 0 Å². The van der Waals surface area contributed by atoms with Gasteiger partial charge in [-0.2, -0.15) is 0 Å². The smallest absolute Gasteiger partial charge is 0.213 e. The first-order valence-corrected chi connectivity index (χ1v) is 5.68. The van der Waals surface area contributed by atoms with Gasteiger partial charge < -0.3 is 10.5 Å². The molecule has 0 atom stereocenters. The van der Waals surface area contributed by atoms with Gasteiger partial charge in [-0.05, 0) is 17.9 Å². The van der Waals surface area contributed by atoms with Gasteiger partial charge >= 0.3 is 0 Å². The molecule has 4 heteroatoms. The average Bonchev–Trinajstić information content (AvgIpc) is 2.16. The second-order valence-electron chi connectivity index (χ2n) is 4.91. The van der Waals surface area contributed by atoms with Crippen molar-refractivity contribution >= 4 is 17.2 Å². The van der Waals surface area contributed by atoms with E-state index in [1.165, 1.54) is 0 Å². The first-order chi connectivity index (χ1) is 7.38. The first-order valence-electron chi connectivity index (χ1n) is 5.27. The van der Waals surface area contributed by atoms with Crippen LogP contribution in [-0.2, 0) is 0 Å². The highest BCUT2D eigenvalue weighted by atomic mass is 32.1. The van der Waals surface area contributed by atoms with Gasteiger partial charge in [-0.25, -0.2) is 4.98 Å².